The summed E-state index contributed by atoms with van der Waals surface area (Å²) in [5, 5.41) is 13.9. The van der Waals surface area contributed by atoms with Crippen molar-refractivity contribution in [2.45, 2.75) is 20.8 Å². The Kier molecular flexibility index (Phi) is 5.50. The molecule has 2 rings (SSSR count). The van der Waals surface area contributed by atoms with E-state index in [2.05, 4.69) is 15.3 Å². The van der Waals surface area contributed by atoms with Crippen molar-refractivity contribution < 1.29 is 14.3 Å². The molecule has 1 amide bonds. The summed E-state index contributed by atoms with van der Waals surface area (Å²) in [5.41, 5.74) is 2.09. The van der Waals surface area contributed by atoms with Gasteiger partial charge in [-0.25, -0.2) is 9.78 Å². The minimum absolute atomic E-state index is 0.0926. The number of aromatic nitrogens is 2. The Morgan fingerprint density at radius 1 is 1.50 bits per heavy atom. The lowest BCUT2D eigenvalue weighted by Gasteiger charge is -2.02. The molecule has 0 aliphatic heterocycles. The van der Waals surface area contributed by atoms with Crippen molar-refractivity contribution in [1.82, 2.24) is 9.97 Å². The van der Waals surface area contributed by atoms with Gasteiger partial charge in [-0.05, 0) is 32.4 Å². The molecule has 0 bridgehead atoms. The number of carbonyl (C=O) groups excluding carboxylic acids is 2. The third kappa shape index (κ3) is 3.70. The predicted octanol–water partition coefficient (Wildman–Crippen LogP) is 2.81. The third-order valence-corrected chi connectivity index (χ3v) is 3.95. The molecule has 0 spiro atoms. The molecule has 0 saturated heterocycles. The van der Waals surface area contributed by atoms with Crippen LogP contribution in [0.5, 0.6) is 0 Å². The molecule has 0 aliphatic carbocycles. The zero-order valence-electron chi connectivity index (χ0n) is 13.5. The highest BCUT2D eigenvalue weighted by Crippen LogP contribution is 2.21. The largest absolute Gasteiger partial charge is 0.462 e. The van der Waals surface area contributed by atoms with Gasteiger partial charge in [0.2, 0.25) is 0 Å². The van der Waals surface area contributed by atoms with Crippen molar-refractivity contribution in [2.75, 3.05) is 11.9 Å². The van der Waals surface area contributed by atoms with Gasteiger partial charge in [-0.2, -0.15) is 5.26 Å². The number of H-pyrrole nitrogens is 1. The average molecular weight is 344 g/mol. The number of aromatic amines is 1. The van der Waals surface area contributed by atoms with Crippen LogP contribution in [0.3, 0.4) is 0 Å². The molecule has 2 N–H and O–H groups in total. The molecule has 0 saturated carbocycles. The van der Waals surface area contributed by atoms with Crippen LogP contribution in [0.2, 0.25) is 0 Å². The van der Waals surface area contributed by atoms with Gasteiger partial charge in [-0.3, -0.25) is 10.1 Å². The fourth-order valence-corrected chi connectivity index (χ4v) is 2.69. The van der Waals surface area contributed by atoms with Crippen LogP contribution in [-0.4, -0.2) is 28.5 Å². The van der Waals surface area contributed by atoms with Crippen molar-refractivity contribution in [1.29, 1.82) is 5.26 Å². The number of hydrogen-bond acceptors (Lipinski definition) is 6. The standard InChI is InChI=1S/C16H16N4O3S/c1-4-23-15(22)13-9(2)12(19-10(13)3)7-11(8-17)14(21)20-16-18-5-6-24-16/h5-7,19H,4H2,1-3H3,(H,18,20,21)/b11-7+. The number of anilines is 1. The minimum Gasteiger partial charge on any atom is -0.462 e. The van der Waals surface area contributed by atoms with Crippen LogP contribution >= 0.6 is 11.3 Å². The molecule has 8 heteroatoms. The highest BCUT2D eigenvalue weighted by molar-refractivity contribution is 7.13. The van der Waals surface area contributed by atoms with Crippen LogP contribution in [-0.2, 0) is 9.53 Å². The van der Waals surface area contributed by atoms with Gasteiger partial charge < -0.3 is 9.72 Å². The zero-order valence-corrected chi connectivity index (χ0v) is 14.3. The Bertz CT molecular complexity index is 828. The molecule has 0 fully saturated rings. The van der Waals surface area contributed by atoms with Gasteiger partial charge in [0, 0.05) is 23.0 Å². The molecule has 0 unspecified atom stereocenters. The van der Waals surface area contributed by atoms with Crippen LogP contribution < -0.4 is 5.32 Å². The van der Waals surface area contributed by atoms with E-state index in [1.807, 2.05) is 6.07 Å². The summed E-state index contributed by atoms with van der Waals surface area (Å²) in [5.74, 6) is -0.995. The van der Waals surface area contributed by atoms with Crippen molar-refractivity contribution >= 4 is 34.4 Å². The minimum atomic E-state index is -0.559. The topological polar surface area (TPSA) is 108 Å². The molecule has 2 aromatic heterocycles. The number of amides is 1. The van der Waals surface area contributed by atoms with Gasteiger partial charge in [0.15, 0.2) is 5.13 Å². The Labute approximate surface area is 143 Å². The van der Waals surface area contributed by atoms with E-state index in [0.29, 0.717) is 27.6 Å². The van der Waals surface area contributed by atoms with E-state index in [9.17, 15) is 14.9 Å². The molecule has 7 nitrogen and oxygen atoms in total. The highest BCUT2D eigenvalue weighted by Gasteiger charge is 2.19. The molecule has 2 heterocycles. The molecule has 24 heavy (non-hydrogen) atoms. The average Bonchev–Trinajstić information content (AvgIpc) is 3.13. The monoisotopic (exact) mass is 344 g/mol. The fraction of sp³-hybridized carbons (Fsp3) is 0.250. The number of nitrogens with one attached hydrogen (secondary N) is 2. The number of nitriles is 1. The van der Waals surface area contributed by atoms with Gasteiger partial charge >= 0.3 is 5.97 Å². The smallest absolute Gasteiger partial charge is 0.340 e. The third-order valence-electron chi connectivity index (χ3n) is 3.26. The normalized spacial score (nSPS) is 11.0. The lowest BCUT2D eigenvalue weighted by molar-refractivity contribution is -0.112. The fourth-order valence-electron chi connectivity index (χ4n) is 2.17. The van der Waals surface area contributed by atoms with Gasteiger partial charge in [0.1, 0.15) is 11.6 Å². The van der Waals surface area contributed by atoms with E-state index in [-0.39, 0.29) is 12.2 Å². The first-order chi connectivity index (χ1) is 11.5. The number of aryl methyl sites for hydroxylation is 1. The van der Waals surface area contributed by atoms with Crippen molar-refractivity contribution in [3.05, 3.63) is 39.7 Å². The van der Waals surface area contributed by atoms with Crippen LogP contribution in [0.4, 0.5) is 5.13 Å². The summed E-state index contributed by atoms with van der Waals surface area (Å²) in [4.78, 5) is 31.1. The number of thiazole rings is 1. The number of ether oxygens (including phenoxy) is 1. The first-order valence-corrected chi connectivity index (χ1v) is 8.04. The zero-order chi connectivity index (χ0) is 17.7. The van der Waals surface area contributed by atoms with Gasteiger partial charge in [0.05, 0.1) is 12.2 Å². The Morgan fingerprint density at radius 3 is 2.83 bits per heavy atom. The predicted molar refractivity (Wildman–Crippen MR) is 90.6 cm³/mol. The second-order valence-corrected chi connectivity index (χ2v) is 5.74. The van der Waals surface area contributed by atoms with Crippen LogP contribution in [0.15, 0.2) is 17.2 Å². The van der Waals surface area contributed by atoms with E-state index >= 15 is 0 Å². The molecular weight excluding hydrogens is 328 g/mol. The van der Waals surface area contributed by atoms with Crippen LogP contribution in [0.1, 0.15) is 34.2 Å². The molecular formula is C16H16N4O3S. The summed E-state index contributed by atoms with van der Waals surface area (Å²) < 4.78 is 5.02. The summed E-state index contributed by atoms with van der Waals surface area (Å²) in [6.45, 7) is 5.47. The molecule has 124 valence electrons. The number of nitrogens with zero attached hydrogens (tertiary/aromatic N) is 2. The van der Waals surface area contributed by atoms with Gasteiger partial charge in [0.25, 0.3) is 5.91 Å². The number of esters is 1. The van der Waals surface area contributed by atoms with Crippen LogP contribution in [0, 0.1) is 25.2 Å². The number of rotatable bonds is 5. The first kappa shape index (κ1) is 17.4. The summed E-state index contributed by atoms with van der Waals surface area (Å²) >= 11 is 1.26. The first-order valence-electron chi connectivity index (χ1n) is 7.16. The summed E-state index contributed by atoms with van der Waals surface area (Å²) in [6, 6.07) is 1.86. The molecule has 0 radical (unpaired) electrons. The quantitative estimate of drug-likeness (QED) is 0.492. The van der Waals surface area contributed by atoms with E-state index in [0.717, 1.165) is 0 Å². The second-order valence-electron chi connectivity index (χ2n) is 4.85. The van der Waals surface area contributed by atoms with E-state index in [4.69, 9.17) is 4.74 Å². The molecule has 0 atom stereocenters. The summed E-state index contributed by atoms with van der Waals surface area (Å²) in [7, 11) is 0. The van der Waals surface area contributed by atoms with Gasteiger partial charge in [-0.1, -0.05) is 0 Å². The Balaban J connectivity index is 2.31. The lowest BCUT2D eigenvalue weighted by Crippen LogP contribution is -2.13. The van der Waals surface area contributed by atoms with E-state index in [1.165, 1.54) is 17.4 Å². The molecule has 0 aliphatic rings. The van der Waals surface area contributed by atoms with E-state index < -0.39 is 11.9 Å². The molecule has 0 aromatic carbocycles. The maximum absolute atomic E-state index is 12.1. The molecule has 2 aromatic rings. The van der Waals surface area contributed by atoms with Gasteiger partial charge in [-0.15, -0.1) is 11.3 Å². The highest BCUT2D eigenvalue weighted by atomic mass is 32.1. The van der Waals surface area contributed by atoms with E-state index in [1.54, 1.807) is 32.3 Å². The Hall–Kier alpha value is -2.92. The summed E-state index contributed by atoms with van der Waals surface area (Å²) in [6.07, 6.45) is 2.97. The van der Waals surface area contributed by atoms with Crippen molar-refractivity contribution in [3.8, 4) is 6.07 Å². The maximum atomic E-state index is 12.1. The number of carbonyl (C=O) groups is 2. The number of hydrogen-bond donors (Lipinski definition) is 2. The maximum Gasteiger partial charge on any atom is 0.340 e. The lowest BCUT2D eigenvalue weighted by atomic mass is 10.1. The second kappa shape index (κ2) is 7.57. The van der Waals surface area contributed by atoms with Crippen molar-refractivity contribution in [2.24, 2.45) is 0 Å². The SMILES string of the molecule is CCOC(=O)c1c(C)[nH]c(/C=C(\C#N)C(=O)Nc2nccs2)c1C. The van der Waals surface area contributed by atoms with Crippen LogP contribution in [0.25, 0.3) is 6.08 Å². The van der Waals surface area contributed by atoms with Crippen molar-refractivity contribution in [3.63, 3.8) is 0 Å². The Morgan fingerprint density at radius 2 is 2.25 bits per heavy atom.